The summed E-state index contributed by atoms with van der Waals surface area (Å²) in [6.45, 7) is 2.38. The van der Waals surface area contributed by atoms with E-state index in [1.807, 2.05) is 31.2 Å². The monoisotopic (exact) mass is 367 g/mol. The van der Waals surface area contributed by atoms with Gasteiger partial charge >= 0.3 is 0 Å². The molecule has 0 bridgehead atoms. The van der Waals surface area contributed by atoms with Gasteiger partial charge in [0.05, 0.1) is 17.5 Å². The van der Waals surface area contributed by atoms with Crippen molar-refractivity contribution in [3.8, 4) is 11.4 Å². The van der Waals surface area contributed by atoms with Gasteiger partial charge in [-0.15, -0.1) is 0 Å². The number of rotatable bonds is 3. The minimum Gasteiger partial charge on any atom is -0.383 e. The van der Waals surface area contributed by atoms with Gasteiger partial charge in [0.25, 0.3) is 0 Å². The fourth-order valence-electron chi connectivity index (χ4n) is 2.91. The second-order valence-electron chi connectivity index (χ2n) is 5.95. The summed E-state index contributed by atoms with van der Waals surface area (Å²) in [5.41, 5.74) is 8.62. The minimum atomic E-state index is -0.404. The number of halogens is 2. The third-order valence-electron chi connectivity index (χ3n) is 4.28. The van der Waals surface area contributed by atoms with Crippen LogP contribution in [-0.4, -0.2) is 19.7 Å². The molecule has 0 aliphatic rings. The molecule has 2 aromatic heterocycles. The van der Waals surface area contributed by atoms with Crippen LogP contribution in [0, 0.1) is 12.7 Å². The summed E-state index contributed by atoms with van der Waals surface area (Å²) in [4.78, 5) is 8.70. The van der Waals surface area contributed by atoms with Gasteiger partial charge in [-0.3, -0.25) is 4.68 Å². The van der Waals surface area contributed by atoms with Crippen molar-refractivity contribution in [1.29, 1.82) is 0 Å². The Kier molecular flexibility index (Phi) is 4.05. The summed E-state index contributed by atoms with van der Waals surface area (Å²) in [5.74, 6) is 0.0881. The maximum absolute atomic E-state index is 14.1. The Bertz CT molecular complexity index is 1120. The van der Waals surface area contributed by atoms with Crippen LogP contribution >= 0.6 is 11.6 Å². The molecule has 5 nitrogen and oxygen atoms in total. The van der Waals surface area contributed by atoms with E-state index >= 15 is 0 Å². The van der Waals surface area contributed by atoms with Crippen molar-refractivity contribution in [1.82, 2.24) is 19.7 Å². The average molecular weight is 368 g/mol. The number of hydrogen-bond acceptors (Lipinski definition) is 4. The number of anilines is 1. The highest BCUT2D eigenvalue weighted by Gasteiger charge is 2.17. The van der Waals surface area contributed by atoms with Gasteiger partial charge < -0.3 is 5.73 Å². The first-order valence-electron chi connectivity index (χ1n) is 8.03. The van der Waals surface area contributed by atoms with Gasteiger partial charge in [-0.1, -0.05) is 41.9 Å². The second-order valence-corrected chi connectivity index (χ2v) is 6.35. The first-order chi connectivity index (χ1) is 12.5. The first kappa shape index (κ1) is 16.5. The van der Waals surface area contributed by atoms with Gasteiger partial charge in [0, 0.05) is 10.7 Å². The van der Waals surface area contributed by atoms with Crippen LogP contribution in [0.25, 0.3) is 22.4 Å². The Morgan fingerprint density at radius 1 is 1.08 bits per heavy atom. The number of nitrogen functional groups attached to an aromatic ring is 1. The Morgan fingerprint density at radius 2 is 1.81 bits per heavy atom. The molecule has 4 rings (SSSR count). The number of benzene rings is 2. The second kappa shape index (κ2) is 6.38. The van der Waals surface area contributed by atoms with Crippen LogP contribution < -0.4 is 5.73 Å². The van der Waals surface area contributed by atoms with Gasteiger partial charge in [-0.25, -0.2) is 14.4 Å². The van der Waals surface area contributed by atoms with Gasteiger partial charge in [0.2, 0.25) is 0 Å². The number of nitrogens with two attached hydrogens (primary N) is 1. The normalized spacial score (nSPS) is 11.2. The zero-order valence-electron chi connectivity index (χ0n) is 13.9. The van der Waals surface area contributed by atoms with E-state index in [1.165, 1.54) is 6.07 Å². The molecule has 0 atom stereocenters. The number of aromatic nitrogens is 4. The molecule has 0 saturated carbocycles. The van der Waals surface area contributed by atoms with Crippen molar-refractivity contribution < 1.29 is 4.39 Å². The molecule has 0 fully saturated rings. The zero-order valence-corrected chi connectivity index (χ0v) is 14.7. The molecule has 0 saturated heterocycles. The van der Waals surface area contributed by atoms with Crippen LogP contribution in [0.5, 0.6) is 0 Å². The highest BCUT2D eigenvalue weighted by atomic mass is 35.5. The van der Waals surface area contributed by atoms with E-state index in [0.29, 0.717) is 28.2 Å². The van der Waals surface area contributed by atoms with Crippen LogP contribution in [-0.2, 0) is 6.54 Å². The summed E-state index contributed by atoms with van der Waals surface area (Å²) in [5, 5.41) is 5.86. The molecule has 0 amide bonds. The Labute approximate surface area is 154 Å². The molecule has 0 aliphatic heterocycles. The molecular weight excluding hydrogens is 353 g/mol. The van der Waals surface area contributed by atoms with Crippen LogP contribution in [0.3, 0.4) is 0 Å². The fraction of sp³-hybridized carbons (Fsp3) is 0.105. The van der Waals surface area contributed by atoms with Gasteiger partial charge in [-0.2, -0.15) is 5.10 Å². The molecule has 2 heterocycles. The van der Waals surface area contributed by atoms with E-state index in [9.17, 15) is 4.39 Å². The van der Waals surface area contributed by atoms with Crippen LogP contribution in [0.1, 0.15) is 11.3 Å². The van der Waals surface area contributed by atoms with Crippen molar-refractivity contribution >= 4 is 28.5 Å². The van der Waals surface area contributed by atoms with Crippen molar-refractivity contribution in [3.05, 3.63) is 70.6 Å². The maximum atomic E-state index is 14.1. The summed E-state index contributed by atoms with van der Waals surface area (Å²) < 4.78 is 15.8. The fourth-order valence-corrected chi connectivity index (χ4v) is 3.10. The van der Waals surface area contributed by atoms with E-state index in [-0.39, 0.29) is 11.6 Å². The zero-order chi connectivity index (χ0) is 18.3. The summed E-state index contributed by atoms with van der Waals surface area (Å²) in [6, 6.07) is 13.9. The molecule has 4 aromatic rings. The van der Waals surface area contributed by atoms with E-state index in [0.717, 1.165) is 11.3 Å². The third-order valence-corrected chi connectivity index (χ3v) is 4.64. The quantitative estimate of drug-likeness (QED) is 0.588. The lowest BCUT2D eigenvalue weighted by molar-refractivity contribution is 0.630. The van der Waals surface area contributed by atoms with Gasteiger partial charge in [-0.05, 0) is 30.7 Å². The largest absolute Gasteiger partial charge is 0.383 e. The predicted octanol–water partition coefficient (Wildman–Crippen LogP) is 4.22. The smallest absolute Gasteiger partial charge is 0.187 e. The van der Waals surface area contributed by atoms with Crippen molar-refractivity contribution in [2.75, 3.05) is 5.73 Å². The number of nitrogens with zero attached hydrogens (tertiary/aromatic N) is 4. The molecule has 0 radical (unpaired) electrons. The molecule has 0 aliphatic carbocycles. The van der Waals surface area contributed by atoms with Gasteiger partial charge in [0.1, 0.15) is 11.6 Å². The molecule has 130 valence electrons. The molecule has 7 heteroatoms. The van der Waals surface area contributed by atoms with E-state index in [2.05, 4.69) is 15.1 Å². The number of hydrogen-bond donors (Lipinski definition) is 1. The molecule has 26 heavy (non-hydrogen) atoms. The Balaban J connectivity index is 1.83. The van der Waals surface area contributed by atoms with E-state index in [1.54, 1.807) is 22.9 Å². The lowest BCUT2D eigenvalue weighted by Gasteiger charge is -2.06. The van der Waals surface area contributed by atoms with E-state index < -0.39 is 5.82 Å². The van der Waals surface area contributed by atoms with Gasteiger partial charge in [0.15, 0.2) is 11.5 Å². The van der Waals surface area contributed by atoms with Crippen LogP contribution in [0.15, 0.2) is 48.5 Å². The highest BCUT2D eigenvalue weighted by Crippen LogP contribution is 2.27. The number of fused-ring (bicyclic) bond motifs is 1. The Morgan fingerprint density at radius 3 is 2.58 bits per heavy atom. The third kappa shape index (κ3) is 2.78. The SMILES string of the molecule is Cc1c2c(N)nc(-c3ccccc3F)nc2nn1Cc1ccccc1Cl. The van der Waals surface area contributed by atoms with Crippen molar-refractivity contribution in [3.63, 3.8) is 0 Å². The standard InChI is InChI=1S/C19H15ClFN5/c1-11-16-17(22)23-18(13-7-3-5-9-15(13)21)24-19(16)25-26(11)10-12-6-2-4-8-14(12)20/h2-9H,10H2,1H3,(H2,22,23,24,25). The summed E-state index contributed by atoms with van der Waals surface area (Å²) in [6.07, 6.45) is 0. The van der Waals surface area contributed by atoms with Crippen molar-refractivity contribution in [2.45, 2.75) is 13.5 Å². The summed E-state index contributed by atoms with van der Waals surface area (Å²) in [7, 11) is 0. The van der Waals surface area contributed by atoms with Crippen LogP contribution in [0.4, 0.5) is 10.2 Å². The molecule has 0 unspecified atom stereocenters. The highest BCUT2D eigenvalue weighted by molar-refractivity contribution is 6.31. The molecular formula is C19H15ClFN5. The maximum Gasteiger partial charge on any atom is 0.187 e. The Hall–Kier alpha value is -2.99. The topological polar surface area (TPSA) is 69.6 Å². The lowest BCUT2D eigenvalue weighted by Crippen LogP contribution is -2.04. The first-order valence-corrected chi connectivity index (χ1v) is 8.41. The van der Waals surface area contributed by atoms with E-state index in [4.69, 9.17) is 17.3 Å². The van der Waals surface area contributed by atoms with Crippen LogP contribution in [0.2, 0.25) is 5.02 Å². The minimum absolute atomic E-state index is 0.218. The molecule has 2 aromatic carbocycles. The average Bonchev–Trinajstić information content (AvgIpc) is 2.93. The predicted molar refractivity (Wildman–Crippen MR) is 100 cm³/mol. The van der Waals surface area contributed by atoms with Crippen molar-refractivity contribution in [2.24, 2.45) is 0 Å². The summed E-state index contributed by atoms with van der Waals surface area (Å²) >= 11 is 6.24. The number of aryl methyl sites for hydroxylation is 1. The molecule has 0 spiro atoms. The molecule has 2 N–H and O–H groups in total. The lowest BCUT2D eigenvalue weighted by atomic mass is 10.2.